The minimum absolute atomic E-state index is 0.0850. The lowest BCUT2D eigenvalue weighted by Crippen LogP contribution is -2.36. The van der Waals surface area contributed by atoms with Gasteiger partial charge in [-0.2, -0.15) is 13.2 Å². The molecule has 0 spiro atoms. The van der Waals surface area contributed by atoms with Crippen LogP contribution in [0.5, 0.6) is 0 Å². The summed E-state index contributed by atoms with van der Waals surface area (Å²) in [6.07, 6.45) is -2.96. The Balaban J connectivity index is 2.61. The molecule has 0 radical (unpaired) electrons. The summed E-state index contributed by atoms with van der Waals surface area (Å²) >= 11 is 0. The number of halogens is 4. The Kier molecular flexibility index (Phi) is 7.11. The zero-order chi connectivity index (χ0) is 15.9. The van der Waals surface area contributed by atoms with Gasteiger partial charge < -0.3 is 5.32 Å². The number of hydrogen-bond acceptors (Lipinski definition) is 2. The van der Waals surface area contributed by atoms with Crippen molar-refractivity contribution in [3.05, 3.63) is 35.6 Å². The van der Waals surface area contributed by atoms with E-state index < -0.39 is 12.7 Å². The van der Waals surface area contributed by atoms with Crippen molar-refractivity contribution in [2.45, 2.75) is 32.0 Å². The summed E-state index contributed by atoms with van der Waals surface area (Å²) in [5, 5.41) is 3.07. The summed E-state index contributed by atoms with van der Waals surface area (Å²) in [6, 6.07) is 5.95. The average Bonchev–Trinajstić information content (AvgIpc) is 2.39. The molecule has 1 unspecified atom stereocenters. The van der Waals surface area contributed by atoms with E-state index in [4.69, 9.17) is 0 Å². The second kappa shape index (κ2) is 8.34. The van der Waals surface area contributed by atoms with Gasteiger partial charge in [-0.1, -0.05) is 19.1 Å². The topological polar surface area (TPSA) is 15.3 Å². The van der Waals surface area contributed by atoms with Crippen molar-refractivity contribution in [2.75, 3.05) is 26.7 Å². The van der Waals surface area contributed by atoms with Crippen LogP contribution < -0.4 is 5.32 Å². The fourth-order valence-electron chi connectivity index (χ4n) is 2.32. The largest absolute Gasteiger partial charge is 0.401 e. The fourth-order valence-corrected chi connectivity index (χ4v) is 2.32. The van der Waals surface area contributed by atoms with Crippen molar-refractivity contribution in [1.29, 1.82) is 0 Å². The molecule has 2 nitrogen and oxygen atoms in total. The summed E-state index contributed by atoms with van der Waals surface area (Å²) in [5.41, 5.74) is 0.877. The van der Waals surface area contributed by atoms with Crippen LogP contribution in [0.4, 0.5) is 17.6 Å². The molecule has 0 aliphatic carbocycles. The molecule has 0 amide bonds. The van der Waals surface area contributed by atoms with E-state index in [1.54, 1.807) is 19.2 Å². The summed E-state index contributed by atoms with van der Waals surface area (Å²) < 4.78 is 50.4. The minimum atomic E-state index is -4.18. The van der Waals surface area contributed by atoms with E-state index in [9.17, 15) is 17.6 Å². The number of alkyl halides is 3. The first-order chi connectivity index (χ1) is 9.85. The Morgan fingerprint density at radius 2 is 1.76 bits per heavy atom. The highest BCUT2D eigenvalue weighted by Crippen LogP contribution is 2.20. The zero-order valence-corrected chi connectivity index (χ0v) is 12.4. The third-order valence-electron chi connectivity index (χ3n) is 3.30. The maximum Gasteiger partial charge on any atom is 0.401 e. The molecule has 1 rings (SSSR count). The van der Waals surface area contributed by atoms with Crippen LogP contribution >= 0.6 is 0 Å². The lowest BCUT2D eigenvalue weighted by molar-refractivity contribution is -0.146. The Bertz CT molecular complexity index is 403. The highest BCUT2D eigenvalue weighted by Gasteiger charge is 2.30. The normalized spacial score (nSPS) is 13.7. The highest BCUT2D eigenvalue weighted by molar-refractivity contribution is 5.19. The highest BCUT2D eigenvalue weighted by atomic mass is 19.4. The summed E-state index contributed by atoms with van der Waals surface area (Å²) in [6.45, 7) is 1.73. The Morgan fingerprint density at radius 3 is 2.24 bits per heavy atom. The molecule has 0 aromatic heterocycles. The lowest BCUT2D eigenvalue weighted by Gasteiger charge is -2.25. The predicted octanol–water partition coefficient (Wildman–Crippen LogP) is 3.75. The van der Waals surface area contributed by atoms with Crippen molar-refractivity contribution >= 4 is 0 Å². The average molecular weight is 306 g/mol. The number of nitrogens with one attached hydrogen (secondary N) is 1. The van der Waals surface area contributed by atoms with Crippen molar-refractivity contribution in [3.63, 3.8) is 0 Å². The molecule has 0 aliphatic heterocycles. The van der Waals surface area contributed by atoms with Gasteiger partial charge in [0.1, 0.15) is 5.82 Å². The SMILES string of the molecule is CCCN(CCC(NC)c1ccc(F)cc1)CC(F)(F)F. The smallest absolute Gasteiger partial charge is 0.313 e. The van der Waals surface area contributed by atoms with Crippen LogP contribution in [-0.4, -0.2) is 37.8 Å². The Hall–Kier alpha value is -1.14. The second-order valence-electron chi connectivity index (χ2n) is 5.07. The standard InChI is InChI=1S/C15H22F4N2/c1-3-9-21(11-15(17,18)19)10-8-14(20-2)12-4-6-13(16)7-5-12/h4-7,14,20H,3,8-11H2,1-2H3. The van der Waals surface area contributed by atoms with Crippen LogP contribution in [0.2, 0.25) is 0 Å². The number of nitrogens with zero attached hydrogens (tertiary/aromatic N) is 1. The van der Waals surface area contributed by atoms with Crippen LogP contribution in [0.25, 0.3) is 0 Å². The van der Waals surface area contributed by atoms with Crippen molar-refractivity contribution in [3.8, 4) is 0 Å². The van der Waals surface area contributed by atoms with Crippen molar-refractivity contribution in [1.82, 2.24) is 10.2 Å². The van der Waals surface area contributed by atoms with Gasteiger partial charge in [-0.3, -0.25) is 4.90 Å². The van der Waals surface area contributed by atoms with E-state index in [2.05, 4.69) is 5.32 Å². The Morgan fingerprint density at radius 1 is 1.14 bits per heavy atom. The zero-order valence-electron chi connectivity index (χ0n) is 12.4. The third kappa shape index (κ3) is 6.91. The molecule has 21 heavy (non-hydrogen) atoms. The van der Waals surface area contributed by atoms with Crippen LogP contribution in [0.15, 0.2) is 24.3 Å². The molecule has 0 bridgehead atoms. The van der Waals surface area contributed by atoms with Gasteiger partial charge in [0.05, 0.1) is 6.54 Å². The molecule has 0 aliphatic rings. The quantitative estimate of drug-likeness (QED) is 0.736. The summed E-state index contributed by atoms with van der Waals surface area (Å²) in [7, 11) is 1.75. The van der Waals surface area contributed by atoms with Gasteiger partial charge in [-0.25, -0.2) is 4.39 Å². The molecular formula is C15H22F4N2. The molecule has 1 aromatic rings. The maximum absolute atomic E-state index is 12.9. The molecule has 6 heteroatoms. The van der Waals surface area contributed by atoms with E-state index in [1.165, 1.54) is 17.0 Å². The third-order valence-corrected chi connectivity index (χ3v) is 3.30. The van der Waals surface area contributed by atoms with Crippen LogP contribution in [-0.2, 0) is 0 Å². The molecule has 0 heterocycles. The summed E-state index contributed by atoms with van der Waals surface area (Å²) in [4.78, 5) is 1.41. The van der Waals surface area contributed by atoms with Gasteiger partial charge in [0.2, 0.25) is 0 Å². The molecule has 0 fully saturated rings. The van der Waals surface area contributed by atoms with E-state index in [0.29, 0.717) is 25.9 Å². The van der Waals surface area contributed by atoms with Crippen LogP contribution in [0.3, 0.4) is 0 Å². The predicted molar refractivity (Wildman–Crippen MR) is 75.6 cm³/mol. The van der Waals surface area contributed by atoms with Crippen molar-refractivity contribution in [2.24, 2.45) is 0 Å². The lowest BCUT2D eigenvalue weighted by atomic mass is 10.0. The van der Waals surface area contributed by atoms with Crippen molar-refractivity contribution < 1.29 is 17.6 Å². The first-order valence-corrected chi connectivity index (χ1v) is 7.07. The van der Waals surface area contributed by atoms with Gasteiger partial charge >= 0.3 is 6.18 Å². The van der Waals surface area contributed by atoms with E-state index in [0.717, 1.165) is 5.56 Å². The van der Waals surface area contributed by atoms with Gasteiger partial charge in [-0.15, -0.1) is 0 Å². The molecule has 1 N–H and O–H groups in total. The molecule has 0 saturated heterocycles. The fraction of sp³-hybridized carbons (Fsp3) is 0.600. The Labute approximate surface area is 123 Å². The number of rotatable bonds is 8. The minimum Gasteiger partial charge on any atom is -0.313 e. The first-order valence-electron chi connectivity index (χ1n) is 7.07. The van der Waals surface area contributed by atoms with Gasteiger partial charge in [0.15, 0.2) is 0 Å². The van der Waals surface area contributed by atoms with E-state index >= 15 is 0 Å². The van der Waals surface area contributed by atoms with Gasteiger partial charge in [0.25, 0.3) is 0 Å². The van der Waals surface area contributed by atoms with Gasteiger partial charge in [0, 0.05) is 12.6 Å². The second-order valence-corrected chi connectivity index (χ2v) is 5.07. The van der Waals surface area contributed by atoms with E-state index in [1.807, 2.05) is 6.92 Å². The molecular weight excluding hydrogens is 284 g/mol. The van der Waals surface area contributed by atoms with Crippen LogP contribution in [0.1, 0.15) is 31.4 Å². The maximum atomic E-state index is 12.9. The van der Waals surface area contributed by atoms with Crippen LogP contribution in [0, 0.1) is 5.82 Å². The van der Waals surface area contributed by atoms with E-state index in [-0.39, 0.29) is 11.9 Å². The first kappa shape index (κ1) is 17.9. The molecule has 120 valence electrons. The molecule has 1 aromatic carbocycles. The molecule has 1 atom stereocenters. The number of benzene rings is 1. The molecule has 0 saturated carbocycles. The number of hydrogen-bond donors (Lipinski definition) is 1. The monoisotopic (exact) mass is 306 g/mol. The van der Waals surface area contributed by atoms with Gasteiger partial charge in [-0.05, 0) is 44.1 Å². The summed E-state index contributed by atoms with van der Waals surface area (Å²) in [5.74, 6) is -0.321.